The number of ether oxygens (including phenoxy) is 1. The molecule has 0 aliphatic rings. The second-order valence-electron chi connectivity index (χ2n) is 6.58. The molecular formula is C22H27N3O2. The highest BCUT2D eigenvalue weighted by molar-refractivity contribution is 5.96. The number of H-pyrrole nitrogens is 1. The normalized spacial score (nSPS) is 10.8. The minimum atomic E-state index is -0.0302. The van der Waals surface area contributed by atoms with Gasteiger partial charge in [0, 0.05) is 41.1 Å². The zero-order valence-corrected chi connectivity index (χ0v) is 16.4. The van der Waals surface area contributed by atoms with Gasteiger partial charge < -0.3 is 19.9 Å². The van der Waals surface area contributed by atoms with E-state index in [1.54, 1.807) is 7.11 Å². The van der Waals surface area contributed by atoms with Crippen molar-refractivity contribution in [3.8, 4) is 5.75 Å². The van der Waals surface area contributed by atoms with Crippen molar-refractivity contribution in [3.05, 3.63) is 53.7 Å². The van der Waals surface area contributed by atoms with Crippen LogP contribution < -0.4 is 15.0 Å². The van der Waals surface area contributed by atoms with Crippen LogP contribution in [0.4, 0.5) is 11.4 Å². The molecule has 0 radical (unpaired) electrons. The van der Waals surface area contributed by atoms with Crippen molar-refractivity contribution in [2.24, 2.45) is 0 Å². The quantitative estimate of drug-likeness (QED) is 0.647. The SMILES string of the molecule is CCN(CC)c1ccc(NC(=O)Cc2c(C)[nH]c3ccc(OC)cc23)cc1. The monoisotopic (exact) mass is 365 g/mol. The van der Waals surface area contributed by atoms with E-state index < -0.39 is 0 Å². The van der Waals surface area contributed by atoms with Crippen LogP contribution in [0.3, 0.4) is 0 Å². The Balaban J connectivity index is 1.74. The molecule has 0 atom stereocenters. The number of amides is 1. The van der Waals surface area contributed by atoms with E-state index >= 15 is 0 Å². The second-order valence-corrected chi connectivity index (χ2v) is 6.58. The molecule has 0 fully saturated rings. The molecule has 2 N–H and O–H groups in total. The standard InChI is InChI=1S/C22H27N3O2/c1-5-25(6-2)17-9-7-16(8-10-17)24-22(26)14-19-15(3)23-21-12-11-18(27-4)13-20(19)21/h7-13,23H,5-6,14H2,1-4H3,(H,24,26). The fraction of sp³-hybridized carbons (Fsp3) is 0.318. The Labute approximate surface area is 160 Å². The lowest BCUT2D eigenvalue weighted by atomic mass is 10.1. The van der Waals surface area contributed by atoms with Crippen molar-refractivity contribution in [3.63, 3.8) is 0 Å². The van der Waals surface area contributed by atoms with Gasteiger partial charge in [-0.05, 0) is 68.8 Å². The number of nitrogens with one attached hydrogen (secondary N) is 2. The highest BCUT2D eigenvalue weighted by Crippen LogP contribution is 2.27. The third-order valence-corrected chi connectivity index (χ3v) is 4.94. The second kappa shape index (κ2) is 8.16. The average molecular weight is 365 g/mol. The Bertz CT molecular complexity index is 925. The Morgan fingerprint density at radius 1 is 1.11 bits per heavy atom. The Morgan fingerprint density at radius 2 is 1.81 bits per heavy atom. The molecule has 0 saturated carbocycles. The number of fused-ring (bicyclic) bond motifs is 1. The molecule has 0 unspecified atom stereocenters. The van der Waals surface area contributed by atoms with Crippen LogP contribution in [0.1, 0.15) is 25.1 Å². The van der Waals surface area contributed by atoms with Crippen molar-refractivity contribution in [2.45, 2.75) is 27.2 Å². The summed E-state index contributed by atoms with van der Waals surface area (Å²) >= 11 is 0. The number of aromatic amines is 1. The number of methoxy groups -OCH3 is 1. The maximum atomic E-state index is 12.6. The number of carbonyl (C=O) groups excluding carboxylic acids is 1. The number of aryl methyl sites for hydroxylation is 1. The smallest absolute Gasteiger partial charge is 0.228 e. The summed E-state index contributed by atoms with van der Waals surface area (Å²) in [5.74, 6) is 0.757. The predicted molar refractivity (Wildman–Crippen MR) is 112 cm³/mol. The summed E-state index contributed by atoms with van der Waals surface area (Å²) in [6, 6.07) is 13.9. The van der Waals surface area contributed by atoms with E-state index in [0.29, 0.717) is 6.42 Å². The summed E-state index contributed by atoms with van der Waals surface area (Å²) in [5.41, 5.74) is 5.00. The van der Waals surface area contributed by atoms with Crippen LogP contribution in [0.5, 0.6) is 5.75 Å². The molecule has 0 spiro atoms. The van der Waals surface area contributed by atoms with Gasteiger partial charge in [0.15, 0.2) is 0 Å². The van der Waals surface area contributed by atoms with Crippen LogP contribution in [-0.2, 0) is 11.2 Å². The molecule has 3 aromatic rings. The number of benzene rings is 2. The van der Waals surface area contributed by atoms with Gasteiger partial charge in [0.25, 0.3) is 0 Å². The van der Waals surface area contributed by atoms with Crippen LogP contribution >= 0.6 is 0 Å². The number of aromatic nitrogens is 1. The largest absolute Gasteiger partial charge is 0.497 e. The lowest BCUT2D eigenvalue weighted by Crippen LogP contribution is -2.21. The molecule has 2 aromatic carbocycles. The maximum absolute atomic E-state index is 12.6. The van der Waals surface area contributed by atoms with Crippen molar-refractivity contribution >= 4 is 28.2 Å². The molecule has 5 heteroatoms. The van der Waals surface area contributed by atoms with Crippen LogP contribution in [-0.4, -0.2) is 31.1 Å². The molecule has 27 heavy (non-hydrogen) atoms. The number of nitrogens with zero attached hydrogens (tertiary/aromatic N) is 1. The van der Waals surface area contributed by atoms with E-state index in [4.69, 9.17) is 4.74 Å². The zero-order valence-electron chi connectivity index (χ0n) is 16.4. The lowest BCUT2D eigenvalue weighted by molar-refractivity contribution is -0.115. The van der Waals surface area contributed by atoms with Crippen molar-refractivity contribution < 1.29 is 9.53 Å². The lowest BCUT2D eigenvalue weighted by Gasteiger charge is -2.21. The molecule has 0 aliphatic carbocycles. The van der Waals surface area contributed by atoms with Gasteiger partial charge in [-0.25, -0.2) is 0 Å². The summed E-state index contributed by atoms with van der Waals surface area (Å²) in [4.78, 5) is 18.2. The first-order valence-corrected chi connectivity index (χ1v) is 9.35. The molecule has 0 aliphatic heterocycles. The number of hydrogen-bond donors (Lipinski definition) is 2. The van der Waals surface area contributed by atoms with Gasteiger partial charge in [-0.3, -0.25) is 4.79 Å². The fourth-order valence-corrected chi connectivity index (χ4v) is 3.43. The van der Waals surface area contributed by atoms with Crippen LogP contribution in [0.15, 0.2) is 42.5 Å². The van der Waals surface area contributed by atoms with Gasteiger partial charge in [-0.1, -0.05) is 0 Å². The minimum Gasteiger partial charge on any atom is -0.497 e. The van der Waals surface area contributed by atoms with Gasteiger partial charge in [-0.15, -0.1) is 0 Å². The molecule has 1 amide bonds. The van der Waals surface area contributed by atoms with Crippen molar-refractivity contribution in [1.82, 2.24) is 4.98 Å². The first-order chi connectivity index (χ1) is 13.0. The third kappa shape index (κ3) is 4.08. The molecule has 5 nitrogen and oxygen atoms in total. The molecule has 0 bridgehead atoms. The maximum Gasteiger partial charge on any atom is 0.228 e. The van der Waals surface area contributed by atoms with Crippen LogP contribution in [0.25, 0.3) is 10.9 Å². The Hall–Kier alpha value is -2.95. The predicted octanol–water partition coefficient (Wildman–Crippen LogP) is 4.51. The fourth-order valence-electron chi connectivity index (χ4n) is 3.43. The molecule has 0 saturated heterocycles. The first kappa shape index (κ1) is 18.8. The van der Waals surface area contributed by atoms with Gasteiger partial charge >= 0.3 is 0 Å². The summed E-state index contributed by atoms with van der Waals surface area (Å²) < 4.78 is 5.32. The van der Waals surface area contributed by atoms with E-state index in [0.717, 1.165) is 52.4 Å². The van der Waals surface area contributed by atoms with Crippen molar-refractivity contribution in [2.75, 3.05) is 30.4 Å². The molecular weight excluding hydrogens is 338 g/mol. The molecule has 142 valence electrons. The topological polar surface area (TPSA) is 57.4 Å². The van der Waals surface area contributed by atoms with Gasteiger partial charge in [0.1, 0.15) is 5.75 Å². The van der Waals surface area contributed by atoms with Crippen LogP contribution in [0.2, 0.25) is 0 Å². The van der Waals surface area contributed by atoms with E-state index in [1.165, 1.54) is 0 Å². The summed E-state index contributed by atoms with van der Waals surface area (Å²) in [7, 11) is 1.65. The number of carbonyl (C=O) groups is 1. The van der Waals surface area contributed by atoms with Crippen molar-refractivity contribution in [1.29, 1.82) is 0 Å². The van der Waals surface area contributed by atoms with E-state index in [-0.39, 0.29) is 5.91 Å². The third-order valence-electron chi connectivity index (χ3n) is 4.94. The highest BCUT2D eigenvalue weighted by Gasteiger charge is 2.14. The molecule has 3 rings (SSSR count). The molecule has 1 heterocycles. The van der Waals surface area contributed by atoms with E-state index in [9.17, 15) is 4.79 Å². The highest BCUT2D eigenvalue weighted by atomic mass is 16.5. The number of rotatable bonds is 7. The summed E-state index contributed by atoms with van der Waals surface area (Å²) in [5, 5.41) is 4.03. The summed E-state index contributed by atoms with van der Waals surface area (Å²) in [6.45, 7) is 8.19. The van der Waals surface area contributed by atoms with E-state index in [2.05, 4.69) is 29.0 Å². The van der Waals surface area contributed by atoms with Gasteiger partial charge in [-0.2, -0.15) is 0 Å². The van der Waals surface area contributed by atoms with Gasteiger partial charge in [0.2, 0.25) is 5.91 Å². The first-order valence-electron chi connectivity index (χ1n) is 9.35. The number of anilines is 2. The average Bonchev–Trinajstić information content (AvgIpc) is 2.98. The Morgan fingerprint density at radius 3 is 2.44 bits per heavy atom. The van der Waals surface area contributed by atoms with Gasteiger partial charge in [0.05, 0.1) is 13.5 Å². The van der Waals surface area contributed by atoms with E-state index in [1.807, 2.05) is 49.4 Å². The molecule has 1 aromatic heterocycles. The minimum absolute atomic E-state index is 0.0302. The summed E-state index contributed by atoms with van der Waals surface area (Å²) in [6.07, 6.45) is 0.316. The zero-order chi connectivity index (χ0) is 19.4. The Kier molecular flexibility index (Phi) is 5.69. The van der Waals surface area contributed by atoms with Crippen LogP contribution in [0, 0.1) is 6.92 Å². The number of hydrogen-bond acceptors (Lipinski definition) is 3.